The highest BCUT2D eigenvalue weighted by Gasteiger charge is 2.26. The van der Waals surface area contributed by atoms with Gasteiger partial charge in [-0.1, -0.05) is 11.8 Å². The standard InChI is InChI=1S/C15H21N5O2S/c1-9-5-10(2)20-14(16-9)17-15(18-20)23-8-13(21)19-6-11(3)22-12(4)7-19/h5,11-12H,6-8H2,1-4H3/t11-,12-/m1/s1. The van der Waals surface area contributed by atoms with Crippen molar-refractivity contribution in [1.29, 1.82) is 0 Å². The Kier molecular flexibility index (Phi) is 4.54. The number of amides is 1. The molecular weight excluding hydrogens is 314 g/mol. The predicted molar refractivity (Wildman–Crippen MR) is 87.6 cm³/mol. The minimum atomic E-state index is 0.0795. The molecular formula is C15H21N5O2S. The molecule has 0 spiro atoms. The van der Waals surface area contributed by atoms with E-state index in [1.807, 2.05) is 38.7 Å². The van der Waals surface area contributed by atoms with Crippen LogP contribution in [0.15, 0.2) is 11.2 Å². The molecule has 124 valence electrons. The minimum absolute atomic E-state index is 0.0795. The number of carbonyl (C=O) groups excluding carboxylic acids is 1. The number of aryl methyl sites for hydroxylation is 2. The van der Waals surface area contributed by atoms with Crippen molar-refractivity contribution in [3.05, 3.63) is 17.5 Å². The number of rotatable bonds is 3. The maximum atomic E-state index is 12.4. The number of nitrogens with zero attached hydrogens (tertiary/aromatic N) is 5. The number of aromatic nitrogens is 4. The molecule has 0 radical (unpaired) electrons. The number of hydrogen-bond acceptors (Lipinski definition) is 6. The Balaban J connectivity index is 1.66. The molecule has 3 rings (SSSR count). The Labute approximate surface area is 139 Å². The second-order valence-corrected chi connectivity index (χ2v) is 6.93. The molecule has 0 saturated carbocycles. The second kappa shape index (κ2) is 6.45. The van der Waals surface area contributed by atoms with Crippen molar-refractivity contribution in [2.75, 3.05) is 18.8 Å². The van der Waals surface area contributed by atoms with Crippen molar-refractivity contribution in [2.24, 2.45) is 0 Å². The fourth-order valence-electron chi connectivity index (χ4n) is 2.81. The fraction of sp³-hybridized carbons (Fsp3) is 0.600. The van der Waals surface area contributed by atoms with Crippen molar-refractivity contribution in [1.82, 2.24) is 24.5 Å². The van der Waals surface area contributed by atoms with Crippen molar-refractivity contribution in [2.45, 2.75) is 45.1 Å². The molecule has 2 aromatic heterocycles. The molecule has 0 bridgehead atoms. The van der Waals surface area contributed by atoms with E-state index in [2.05, 4.69) is 15.1 Å². The largest absolute Gasteiger partial charge is 0.372 e. The van der Waals surface area contributed by atoms with E-state index >= 15 is 0 Å². The lowest BCUT2D eigenvalue weighted by atomic mass is 10.2. The topological polar surface area (TPSA) is 72.6 Å². The molecule has 1 saturated heterocycles. The van der Waals surface area contributed by atoms with Crippen LogP contribution in [0.3, 0.4) is 0 Å². The quantitative estimate of drug-likeness (QED) is 0.791. The highest BCUT2D eigenvalue weighted by Crippen LogP contribution is 2.18. The van der Waals surface area contributed by atoms with Crippen LogP contribution in [0.5, 0.6) is 0 Å². The van der Waals surface area contributed by atoms with Gasteiger partial charge in [0, 0.05) is 24.5 Å². The number of morpholine rings is 1. The van der Waals surface area contributed by atoms with Crippen LogP contribution in [0.1, 0.15) is 25.2 Å². The third-order valence-corrected chi connectivity index (χ3v) is 4.52. The molecule has 1 fully saturated rings. The summed E-state index contributed by atoms with van der Waals surface area (Å²) in [5, 5.41) is 4.99. The smallest absolute Gasteiger partial charge is 0.253 e. The van der Waals surface area contributed by atoms with Crippen LogP contribution < -0.4 is 0 Å². The zero-order valence-electron chi connectivity index (χ0n) is 13.8. The van der Waals surface area contributed by atoms with Gasteiger partial charge in [0.15, 0.2) is 0 Å². The van der Waals surface area contributed by atoms with Crippen LogP contribution in [0.4, 0.5) is 0 Å². The first-order chi connectivity index (χ1) is 10.9. The Bertz CT molecular complexity index is 722. The lowest BCUT2D eigenvalue weighted by molar-refractivity contribution is -0.140. The van der Waals surface area contributed by atoms with E-state index in [-0.39, 0.29) is 18.1 Å². The van der Waals surface area contributed by atoms with Crippen molar-refractivity contribution in [3.8, 4) is 0 Å². The van der Waals surface area contributed by atoms with E-state index in [0.29, 0.717) is 29.8 Å². The highest BCUT2D eigenvalue weighted by atomic mass is 32.2. The number of carbonyl (C=O) groups is 1. The van der Waals surface area contributed by atoms with Gasteiger partial charge in [-0.3, -0.25) is 4.79 Å². The first-order valence-corrected chi connectivity index (χ1v) is 8.68. The summed E-state index contributed by atoms with van der Waals surface area (Å²) in [7, 11) is 0. The maximum Gasteiger partial charge on any atom is 0.253 e. The third-order valence-electron chi connectivity index (χ3n) is 3.70. The van der Waals surface area contributed by atoms with Crippen LogP contribution >= 0.6 is 11.8 Å². The van der Waals surface area contributed by atoms with Gasteiger partial charge in [0.25, 0.3) is 5.78 Å². The lowest BCUT2D eigenvalue weighted by Crippen LogP contribution is -2.48. The summed E-state index contributed by atoms with van der Waals surface area (Å²) in [6, 6.07) is 1.96. The van der Waals surface area contributed by atoms with E-state index in [1.165, 1.54) is 11.8 Å². The van der Waals surface area contributed by atoms with Gasteiger partial charge < -0.3 is 9.64 Å². The summed E-state index contributed by atoms with van der Waals surface area (Å²) in [6.45, 7) is 9.16. The van der Waals surface area contributed by atoms with Crippen LogP contribution in [0.25, 0.3) is 5.78 Å². The molecule has 2 aromatic rings. The van der Waals surface area contributed by atoms with Gasteiger partial charge in [-0.05, 0) is 33.8 Å². The first-order valence-electron chi connectivity index (χ1n) is 7.69. The average Bonchev–Trinajstić information content (AvgIpc) is 2.87. The van der Waals surface area contributed by atoms with Crippen LogP contribution in [0.2, 0.25) is 0 Å². The monoisotopic (exact) mass is 335 g/mol. The zero-order chi connectivity index (χ0) is 16.6. The summed E-state index contributed by atoms with van der Waals surface area (Å²) in [4.78, 5) is 23.0. The number of thioether (sulfide) groups is 1. The van der Waals surface area contributed by atoms with Gasteiger partial charge in [0.2, 0.25) is 11.1 Å². The SMILES string of the molecule is Cc1cc(C)n2nc(SCC(=O)N3C[C@@H](C)O[C@H](C)C3)nc2n1. The molecule has 1 aliphatic rings. The van der Waals surface area contributed by atoms with Gasteiger partial charge in [-0.2, -0.15) is 4.98 Å². The Morgan fingerprint density at radius 3 is 2.70 bits per heavy atom. The molecule has 1 aliphatic heterocycles. The molecule has 8 heteroatoms. The first kappa shape index (κ1) is 16.2. The Morgan fingerprint density at radius 2 is 2.00 bits per heavy atom. The van der Waals surface area contributed by atoms with Crippen molar-refractivity contribution in [3.63, 3.8) is 0 Å². The van der Waals surface area contributed by atoms with E-state index in [9.17, 15) is 4.79 Å². The lowest BCUT2D eigenvalue weighted by Gasteiger charge is -2.35. The molecule has 0 aliphatic carbocycles. The molecule has 0 N–H and O–H groups in total. The summed E-state index contributed by atoms with van der Waals surface area (Å²) in [6.07, 6.45) is 0.159. The fourth-order valence-corrected chi connectivity index (χ4v) is 3.53. The zero-order valence-corrected chi connectivity index (χ0v) is 14.6. The summed E-state index contributed by atoms with van der Waals surface area (Å²) >= 11 is 1.35. The van der Waals surface area contributed by atoms with Gasteiger partial charge in [-0.25, -0.2) is 9.50 Å². The van der Waals surface area contributed by atoms with Gasteiger partial charge in [-0.15, -0.1) is 5.10 Å². The van der Waals surface area contributed by atoms with E-state index in [1.54, 1.807) is 4.52 Å². The molecule has 23 heavy (non-hydrogen) atoms. The normalized spacial score (nSPS) is 21.8. The summed E-state index contributed by atoms with van der Waals surface area (Å²) < 4.78 is 7.36. The van der Waals surface area contributed by atoms with Crippen molar-refractivity contribution >= 4 is 23.4 Å². The average molecular weight is 335 g/mol. The van der Waals surface area contributed by atoms with Gasteiger partial charge in [0.05, 0.1) is 18.0 Å². The van der Waals surface area contributed by atoms with E-state index in [4.69, 9.17) is 4.74 Å². The summed E-state index contributed by atoms with van der Waals surface area (Å²) in [5.41, 5.74) is 1.89. The van der Waals surface area contributed by atoms with Gasteiger partial charge >= 0.3 is 0 Å². The maximum absolute atomic E-state index is 12.4. The Hall–Kier alpha value is -1.67. The molecule has 0 unspecified atom stereocenters. The van der Waals surface area contributed by atoms with Crippen LogP contribution in [-0.4, -0.2) is 61.4 Å². The van der Waals surface area contributed by atoms with E-state index < -0.39 is 0 Å². The van der Waals surface area contributed by atoms with Crippen LogP contribution in [-0.2, 0) is 9.53 Å². The molecule has 3 heterocycles. The number of hydrogen-bond donors (Lipinski definition) is 0. The Morgan fingerprint density at radius 1 is 1.30 bits per heavy atom. The summed E-state index contributed by atoms with van der Waals surface area (Å²) in [5.74, 6) is 0.997. The molecule has 7 nitrogen and oxygen atoms in total. The van der Waals surface area contributed by atoms with Gasteiger partial charge in [0.1, 0.15) is 0 Å². The van der Waals surface area contributed by atoms with Crippen molar-refractivity contribution < 1.29 is 9.53 Å². The number of fused-ring (bicyclic) bond motifs is 1. The second-order valence-electron chi connectivity index (χ2n) is 5.99. The molecule has 2 atom stereocenters. The minimum Gasteiger partial charge on any atom is -0.372 e. The predicted octanol–water partition coefficient (Wildman–Crippen LogP) is 1.47. The molecule has 0 aromatic carbocycles. The highest BCUT2D eigenvalue weighted by molar-refractivity contribution is 7.99. The third kappa shape index (κ3) is 3.64. The van der Waals surface area contributed by atoms with E-state index in [0.717, 1.165) is 11.4 Å². The van der Waals surface area contributed by atoms with Crippen LogP contribution in [0, 0.1) is 13.8 Å². The molecule has 1 amide bonds. The number of ether oxygens (including phenoxy) is 1.